The van der Waals surface area contributed by atoms with E-state index in [-0.39, 0.29) is 17.7 Å². The van der Waals surface area contributed by atoms with E-state index in [4.69, 9.17) is 4.74 Å². The van der Waals surface area contributed by atoms with Crippen LogP contribution in [0.2, 0.25) is 0 Å². The first-order valence-electron chi connectivity index (χ1n) is 10.4. The molecule has 2 aromatic rings. The number of ether oxygens (including phenoxy) is 1. The molecule has 0 radical (unpaired) electrons. The van der Waals surface area contributed by atoms with Crippen LogP contribution in [-0.4, -0.2) is 66.8 Å². The van der Waals surface area contributed by atoms with Gasteiger partial charge < -0.3 is 9.30 Å². The summed E-state index contributed by atoms with van der Waals surface area (Å²) in [5, 5.41) is 1.32. The maximum absolute atomic E-state index is 12.6. The van der Waals surface area contributed by atoms with Gasteiger partial charge in [0, 0.05) is 61.8 Å². The first-order chi connectivity index (χ1) is 13.5. The number of benzene rings is 1. The number of likely N-dealkylation sites (tertiary alicyclic amines) is 1. The number of hydrogen-bond donors (Lipinski definition) is 0. The maximum atomic E-state index is 12.6. The molecule has 2 fully saturated rings. The molecule has 0 spiro atoms. The number of para-hydroxylation sites is 1. The Balaban J connectivity index is 1.53. The van der Waals surface area contributed by atoms with Crippen molar-refractivity contribution < 1.29 is 13.2 Å². The number of nitrogens with zero attached hydrogens (tertiary/aromatic N) is 3. The van der Waals surface area contributed by atoms with Gasteiger partial charge in [-0.25, -0.2) is 8.42 Å². The van der Waals surface area contributed by atoms with Crippen LogP contribution in [0, 0.1) is 5.92 Å². The smallest absolute Gasteiger partial charge is 0.214 e. The molecule has 2 atom stereocenters. The predicted octanol–water partition coefficient (Wildman–Crippen LogP) is 2.53. The van der Waals surface area contributed by atoms with Crippen molar-refractivity contribution in [2.45, 2.75) is 39.4 Å². The molecule has 0 unspecified atom stereocenters. The average Bonchev–Trinajstić information content (AvgIpc) is 2.91. The van der Waals surface area contributed by atoms with E-state index < -0.39 is 10.0 Å². The molecule has 28 heavy (non-hydrogen) atoms. The monoisotopic (exact) mass is 405 g/mol. The summed E-state index contributed by atoms with van der Waals surface area (Å²) in [6.07, 6.45) is 3.15. The fourth-order valence-electron chi connectivity index (χ4n) is 4.80. The lowest BCUT2D eigenvalue weighted by Gasteiger charge is -2.41. The molecule has 0 aliphatic carbocycles. The molecule has 1 aromatic carbocycles. The largest absolute Gasteiger partial charge is 0.380 e. The average molecular weight is 406 g/mol. The normalized spacial score (nSPS) is 24.9. The Kier molecular flexibility index (Phi) is 5.78. The van der Waals surface area contributed by atoms with E-state index in [1.807, 2.05) is 0 Å². The SMILES string of the molecule is CCn1cc(CN2CC[C@@H]3[C@@H](COCCN3S(=O)(=O)CC)C2)c2ccccc21. The zero-order valence-electron chi connectivity index (χ0n) is 16.9. The van der Waals surface area contributed by atoms with E-state index in [0.717, 1.165) is 32.6 Å². The van der Waals surface area contributed by atoms with Crippen LogP contribution < -0.4 is 0 Å². The second kappa shape index (κ2) is 8.14. The van der Waals surface area contributed by atoms with Crippen LogP contribution in [0.15, 0.2) is 30.5 Å². The molecule has 4 rings (SSSR count). The number of piperidine rings is 1. The third-order valence-electron chi connectivity index (χ3n) is 6.26. The van der Waals surface area contributed by atoms with Crippen LogP contribution in [0.3, 0.4) is 0 Å². The minimum absolute atomic E-state index is 0.0701. The number of sulfonamides is 1. The molecule has 0 N–H and O–H groups in total. The van der Waals surface area contributed by atoms with Crippen molar-refractivity contribution in [2.24, 2.45) is 5.92 Å². The van der Waals surface area contributed by atoms with Gasteiger partial charge in [0.25, 0.3) is 0 Å². The Hall–Kier alpha value is -1.41. The molecule has 7 heteroatoms. The highest BCUT2D eigenvalue weighted by molar-refractivity contribution is 7.89. The van der Waals surface area contributed by atoms with Gasteiger partial charge in [0.15, 0.2) is 0 Å². The maximum Gasteiger partial charge on any atom is 0.214 e. The fourth-order valence-corrected chi connectivity index (χ4v) is 6.17. The van der Waals surface area contributed by atoms with Crippen molar-refractivity contribution in [3.05, 3.63) is 36.0 Å². The van der Waals surface area contributed by atoms with Crippen LogP contribution in [0.1, 0.15) is 25.8 Å². The van der Waals surface area contributed by atoms with Gasteiger partial charge in [0.2, 0.25) is 10.0 Å². The molecule has 2 aliphatic heterocycles. The molecule has 6 nitrogen and oxygen atoms in total. The zero-order valence-corrected chi connectivity index (χ0v) is 17.7. The van der Waals surface area contributed by atoms with E-state index in [2.05, 4.69) is 46.9 Å². The summed E-state index contributed by atoms with van der Waals surface area (Å²) < 4.78 is 35.0. The Morgan fingerprint density at radius 2 is 2.00 bits per heavy atom. The molecular formula is C21H31N3O3S. The van der Waals surface area contributed by atoms with Gasteiger partial charge in [-0.05, 0) is 31.9 Å². The van der Waals surface area contributed by atoms with Gasteiger partial charge in [-0.1, -0.05) is 18.2 Å². The standard InChI is InChI=1S/C21H31N3O3S/c1-3-23-15-17(19-7-5-6-8-21(19)23)13-22-10-9-20-18(14-22)16-27-12-11-24(20)28(25,26)4-2/h5-8,15,18,20H,3-4,9-14,16H2,1-2H3/t18-,20-/m1/s1. The van der Waals surface area contributed by atoms with E-state index in [1.165, 1.54) is 16.5 Å². The number of aromatic nitrogens is 1. The van der Waals surface area contributed by atoms with Crippen molar-refractivity contribution in [2.75, 3.05) is 38.6 Å². The molecule has 2 aliphatic rings. The first kappa shape index (κ1) is 19.9. The minimum atomic E-state index is -3.19. The van der Waals surface area contributed by atoms with Crippen molar-refractivity contribution in [3.63, 3.8) is 0 Å². The lowest BCUT2D eigenvalue weighted by atomic mass is 9.92. The second-order valence-corrected chi connectivity index (χ2v) is 10.1. The highest BCUT2D eigenvalue weighted by atomic mass is 32.2. The Morgan fingerprint density at radius 3 is 2.79 bits per heavy atom. The summed E-state index contributed by atoms with van der Waals surface area (Å²) in [4.78, 5) is 2.47. The lowest BCUT2D eigenvalue weighted by molar-refractivity contribution is 0.0614. The summed E-state index contributed by atoms with van der Waals surface area (Å²) in [7, 11) is -3.19. The summed E-state index contributed by atoms with van der Waals surface area (Å²) in [6, 6.07) is 8.65. The van der Waals surface area contributed by atoms with Crippen LogP contribution in [0.4, 0.5) is 0 Å². The quantitative estimate of drug-likeness (QED) is 0.767. The van der Waals surface area contributed by atoms with Gasteiger partial charge >= 0.3 is 0 Å². The van der Waals surface area contributed by atoms with E-state index >= 15 is 0 Å². The molecular weight excluding hydrogens is 374 g/mol. The van der Waals surface area contributed by atoms with Crippen LogP contribution in [-0.2, 0) is 27.8 Å². The van der Waals surface area contributed by atoms with Crippen molar-refractivity contribution in [1.29, 1.82) is 0 Å². The molecule has 1 aromatic heterocycles. The van der Waals surface area contributed by atoms with Crippen molar-refractivity contribution >= 4 is 20.9 Å². The van der Waals surface area contributed by atoms with Crippen LogP contribution in [0.5, 0.6) is 0 Å². The third-order valence-corrected chi connectivity index (χ3v) is 8.16. The minimum Gasteiger partial charge on any atom is -0.380 e. The molecule has 0 bridgehead atoms. The van der Waals surface area contributed by atoms with Gasteiger partial charge in [-0.3, -0.25) is 4.90 Å². The summed E-state index contributed by atoms with van der Waals surface area (Å²) in [5.74, 6) is 0.397. The van der Waals surface area contributed by atoms with E-state index in [0.29, 0.717) is 19.8 Å². The topological polar surface area (TPSA) is 54.8 Å². The molecule has 3 heterocycles. The number of hydrogen-bond acceptors (Lipinski definition) is 4. The summed E-state index contributed by atoms with van der Waals surface area (Å²) in [5.41, 5.74) is 2.64. The fraction of sp³-hybridized carbons (Fsp3) is 0.619. The highest BCUT2D eigenvalue weighted by Gasteiger charge is 2.39. The van der Waals surface area contributed by atoms with Crippen molar-refractivity contribution in [1.82, 2.24) is 13.8 Å². The first-order valence-corrected chi connectivity index (χ1v) is 12.0. The Bertz CT molecular complexity index is 924. The van der Waals surface area contributed by atoms with Crippen molar-refractivity contribution in [3.8, 4) is 0 Å². The molecule has 0 amide bonds. The Morgan fingerprint density at radius 1 is 1.18 bits per heavy atom. The van der Waals surface area contributed by atoms with Gasteiger partial charge in [0.1, 0.15) is 0 Å². The number of aryl methyl sites for hydroxylation is 1. The summed E-state index contributed by atoms with van der Waals surface area (Å²) >= 11 is 0. The third kappa shape index (κ3) is 3.73. The van der Waals surface area contributed by atoms with Gasteiger partial charge in [-0.2, -0.15) is 4.31 Å². The zero-order chi connectivity index (χ0) is 19.7. The molecule has 2 saturated heterocycles. The Labute approximate surface area is 168 Å². The van der Waals surface area contributed by atoms with Crippen LogP contribution >= 0.6 is 0 Å². The van der Waals surface area contributed by atoms with Gasteiger partial charge in [-0.15, -0.1) is 0 Å². The highest BCUT2D eigenvalue weighted by Crippen LogP contribution is 2.30. The lowest BCUT2D eigenvalue weighted by Crippen LogP contribution is -2.53. The van der Waals surface area contributed by atoms with E-state index in [1.54, 1.807) is 11.2 Å². The number of rotatable bonds is 5. The predicted molar refractivity (Wildman–Crippen MR) is 112 cm³/mol. The van der Waals surface area contributed by atoms with Crippen LogP contribution in [0.25, 0.3) is 10.9 Å². The number of fused-ring (bicyclic) bond motifs is 2. The second-order valence-electron chi connectivity index (χ2n) is 7.89. The molecule has 0 saturated carbocycles. The van der Waals surface area contributed by atoms with E-state index in [9.17, 15) is 8.42 Å². The summed E-state index contributed by atoms with van der Waals surface area (Å²) in [6.45, 7) is 9.20. The van der Waals surface area contributed by atoms with Gasteiger partial charge in [0.05, 0.1) is 19.0 Å². The molecule has 154 valence electrons.